The first-order chi connectivity index (χ1) is 15.7. The van der Waals surface area contributed by atoms with E-state index in [1.807, 2.05) is 16.9 Å². The molecule has 0 aromatic carbocycles. The van der Waals surface area contributed by atoms with Crippen molar-refractivity contribution in [3.8, 4) is 17.0 Å². The highest BCUT2D eigenvalue weighted by Gasteiger charge is 2.20. The zero-order chi connectivity index (χ0) is 23.6. The molecule has 0 aliphatic carbocycles. The first-order valence-corrected chi connectivity index (χ1v) is 12.1. The second-order valence-corrected chi connectivity index (χ2v) is 9.58. The number of anilines is 3. The molecule has 12 heteroatoms. The Morgan fingerprint density at radius 3 is 2.76 bits per heavy atom. The van der Waals surface area contributed by atoms with Crippen LogP contribution in [-0.2, 0) is 19.4 Å². The summed E-state index contributed by atoms with van der Waals surface area (Å²) in [6.45, 7) is 2.69. The summed E-state index contributed by atoms with van der Waals surface area (Å²) in [5.74, 6) is 0.630. The minimum absolute atomic E-state index is 0.132. The molecule has 2 N–H and O–H groups in total. The lowest BCUT2D eigenvalue weighted by molar-refractivity contribution is -0.114. The van der Waals surface area contributed by atoms with Crippen molar-refractivity contribution in [3.05, 3.63) is 36.7 Å². The Morgan fingerprint density at radius 2 is 2.09 bits per heavy atom. The number of pyridine rings is 2. The van der Waals surface area contributed by atoms with E-state index in [0.717, 1.165) is 12.7 Å². The van der Waals surface area contributed by atoms with Crippen LogP contribution in [0.4, 0.5) is 17.3 Å². The molecular formula is C21H24N6O5S. The van der Waals surface area contributed by atoms with Gasteiger partial charge in [0.15, 0.2) is 14.9 Å². The predicted molar refractivity (Wildman–Crippen MR) is 121 cm³/mol. The molecule has 3 aromatic rings. The van der Waals surface area contributed by atoms with Crippen LogP contribution >= 0.6 is 0 Å². The first kappa shape index (κ1) is 22.7. The fourth-order valence-corrected chi connectivity index (χ4v) is 4.01. The van der Waals surface area contributed by atoms with Crippen molar-refractivity contribution in [2.45, 2.75) is 24.4 Å². The van der Waals surface area contributed by atoms with E-state index in [9.17, 15) is 13.2 Å². The van der Waals surface area contributed by atoms with Crippen LogP contribution in [0.5, 0.6) is 5.75 Å². The van der Waals surface area contributed by atoms with E-state index in [1.165, 1.54) is 20.1 Å². The Labute approximate surface area is 191 Å². The van der Waals surface area contributed by atoms with Gasteiger partial charge in [-0.1, -0.05) is 0 Å². The lowest BCUT2D eigenvalue weighted by Crippen LogP contribution is -2.10. The van der Waals surface area contributed by atoms with E-state index in [0.29, 0.717) is 41.7 Å². The standard InChI is InChI=1S/C21H24N6O5S/c1-13(28)23-19-10-18(24-20-8-15(31-2)9-21(25-20)33(3,29)30)16(11-22-19)17-4-6-27(26-17)14-5-7-32-12-14/h4,6,8-11,14H,5,7,12H2,1-3H3,(H2,22,23,24,25,28)/t14-/m1/s1. The second-order valence-electron chi connectivity index (χ2n) is 7.62. The monoisotopic (exact) mass is 472 g/mol. The van der Waals surface area contributed by atoms with Crippen LogP contribution in [0, 0.1) is 0 Å². The summed E-state index contributed by atoms with van der Waals surface area (Å²) in [6, 6.07) is 6.59. The number of methoxy groups -OCH3 is 1. The molecule has 1 atom stereocenters. The summed E-state index contributed by atoms with van der Waals surface area (Å²) in [6.07, 6.45) is 5.42. The van der Waals surface area contributed by atoms with Gasteiger partial charge in [0.1, 0.15) is 17.4 Å². The molecule has 3 aromatic heterocycles. The number of rotatable bonds is 7. The molecule has 0 radical (unpaired) electrons. The van der Waals surface area contributed by atoms with Crippen LogP contribution in [0.15, 0.2) is 41.7 Å². The summed E-state index contributed by atoms with van der Waals surface area (Å²) in [5, 5.41) is 10.3. The third kappa shape index (κ3) is 5.29. The van der Waals surface area contributed by atoms with Gasteiger partial charge in [-0.25, -0.2) is 18.4 Å². The molecule has 1 fully saturated rings. The number of hydrogen-bond donors (Lipinski definition) is 2. The van der Waals surface area contributed by atoms with E-state index in [1.54, 1.807) is 18.3 Å². The summed E-state index contributed by atoms with van der Waals surface area (Å²) < 4.78 is 36.7. The van der Waals surface area contributed by atoms with Gasteiger partial charge < -0.3 is 20.1 Å². The fraction of sp³-hybridized carbons (Fsp3) is 0.333. The van der Waals surface area contributed by atoms with E-state index in [-0.39, 0.29) is 22.8 Å². The smallest absolute Gasteiger partial charge is 0.222 e. The quantitative estimate of drug-likeness (QED) is 0.531. The number of hydrogen-bond acceptors (Lipinski definition) is 9. The second kappa shape index (κ2) is 9.16. The number of aromatic nitrogens is 4. The predicted octanol–water partition coefficient (Wildman–Crippen LogP) is 2.42. The fourth-order valence-electron chi connectivity index (χ4n) is 3.42. The molecule has 0 spiro atoms. The average molecular weight is 473 g/mol. The molecule has 1 amide bonds. The van der Waals surface area contributed by atoms with E-state index in [4.69, 9.17) is 9.47 Å². The molecular weight excluding hydrogens is 448 g/mol. The lowest BCUT2D eigenvalue weighted by Gasteiger charge is -2.14. The highest BCUT2D eigenvalue weighted by atomic mass is 32.2. The van der Waals surface area contributed by atoms with Crippen LogP contribution in [-0.4, -0.2) is 60.7 Å². The zero-order valence-corrected chi connectivity index (χ0v) is 19.2. The maximum Gasteiger partial charge on any atom is 0.222 e. The highest BCUT2D eigenvalue weighted by Crippen LogP contribution is 2.32. The molecule has 174 valence electrons. The molecule has 33 heavy (non-hydrogen) atoms. The first-order valence-electron chi connectivity index (χ1n) is 10.2. The van der Waals surface area contributed by atoms with Crippen molar-refractivity contribution >= 4 is 33.1 Å². The topological polar surface area (TPSA) is 137 Å². The lowest BCUT2D eigenvalue weighted by atomic mass is 10.1. The third-order valence-corrected chi connectivity index (χ3v) is 5.99. The van der Waals surface area contributed by atoms with Crippen molar-refractivity contribution in [2.75, 3.05) is 37.2 Å². The zero-order valence-electron chi connectivity index (χ0n) is 18.4. The van der Waals surface area contributed by atoms with Gasteiger partial charge in [-0.2, -0.15) is 5.10 Å². The molecule has 0 unspecified atom stereocenters. The van der Waals surface area contributed by atoms with Crippen LogP contribution in [0.2, 0.25) is 0 Å². The van der Waals surface area contributed by atoms with Gasteiger partial charge in [0, 0.05) is 55.9 Å². The normalized spacial score (nSPS) is 15.9. The molecule has 1 aliphatic rings. The maximum atomic E-state index is 12.1. The molecule has 4 rings (SSSR count). The van der Waals surface area contributed by atoms with Crippen molar-refractivity contribution < 1.29 is 22.7 Å². The number of carbonyl (C=O) groups excluding carboxylic acids is 1. The number of carbonyl (C=O) groups is 1. The summed E-state index contributed by atoms with van der Waals surface area (Å²) in [5.41, 5.74) is 1.83. The molecule has 0 saturated carbocycles. The molecule has 1 saturated heterocycles. The number of nitrogens with one attached hydrogen (secondary N) is 2. The minimum Gasteiger partial charge on any atom is -0.497 e. The van der Waals surface area contributed by atoms with Crippen LogP contribution in [0.3, 0.4) is 0 Å². The summed E-state index contributed by atoms with van der Waals surface area (Å²) in [4.78, 5) is 20.1. The number of sulfone groups is 1. The van der Waals surface area contributed by atoms with Gasteiger partial charge in [-0.3, -0.25) is 9.48 Å². The van der Waals surface area contributed by atoms with E-state index < -0.39 is 9.84 Å². The van der Waals surface area contributed by atoms with E-state index >= 15 is 0 Å². The van der Waals surface area contributed by atoms with Gasteiger partial charge >= 0.3 is 0 Å². The molecule has 4 heterocycles. The molecule has 0 bridgehead atoms. The summed E-state index contributed by atoms with van der Waals surface area (Å²) >= 11 is 0. The Hall–Kier alpha value is -3.51. The molecule has 11 nitrogen and oxygen atoms in total. The maximum absolute atomic E-state index is 12.1. The largest absolute Gasteiger partial charge is 0.497 e. The minimum atomic E-state index is -3.57. The van der Waals surface area contributed by atoms with Crippen molar-refractivity contribution in [3.63, 3.8) is 0 Å². The Morgan fingerprint density at radius 1 is 1.27 bits per heavy atom. The number of amides is 1. The van der Waals surface area contributed by atoms with Crippen molar-refractivity contribution in [2.24, 2.45) is 0 Å². The van der Waals surface area contributed by atoms with Crippen molar-refractivity contribution in [1.82, 2.24) is 19.7 Å². The molecule has 1 aliphatic heterocycles. The van der Waals surface area contributed by atoms with Crippen LogP contribution < -0.4 is 15.4 Å². The van der Waals surface area contributed by atoms with E-state index in [2.05, 4.69) is 25.7 Å². The number of nitrogens with zero attached hydrogens (tertiary/aromatic N) is 4. The van der Waals surface area contributed by atoms with Crippen LogP contribution in [0.25, 0.3) is 11.3 Å². The third-order valence-electron chi connectivity index (χ3n) is 5.03. The van der Waals surface area contributed by atoms with Gasteiger partial charge in [0.2, 0.25) is 5.91 Å². The van der Waals surface area contributed by atoms with Gasteiger partial charge in [0.05, 0.1) is 31.1 Å². The summed E-state index contributed by atoms with van der Waals surface area (Å²) in [7, 11) is -2.13. The Kier molecular flexibility index (Phi) is 6.29. The van der Waals surface area contributed by atoms with Gasteiger partial charge in [-0.15, -0.1) is 0 Å². The average Bonchev–Trinajstić information content (AvgIpc) is 3.44. The number of ether oxygens (including phenoxy) is 2. The van der Waals surface area contributed by atoms with Crippen molar-refractivity contribution in [1.29, 1.82) is 0 Å². The van der Waals surface area contributed by atoms with Gasteiger partial charge in [0.25, 0.3) is 0 Å². The Bertz CT molecular complexity index is 1280. The van der Waals surface area contributed by atoms with Crippen LogP contribution in [0.1, 0.15) is 19.4 Å². The SMILES string of the molecule is COc1cc(Nc2cc(NC(C)=O)ncc2-c2ccn([C@@H]3CCOC3)n2)nc(S(C)(=O)=O)c1. The van der Waals surface area contributed by atoms with Gasteiger partial charge in [-0.05, 0) is 12.5 Å². The highest BCUT2D eigenvalue weighted by molar-refractivity contribution is 7.90. The Balaban J connectivity index is 1.75.